The molecule has 1 aliphatic carbocycles. The standard InChI is InChI=1S/C25H28N2O7/c1-3-20(23(29)26-21(24(30)31)12-13-22(28)33-2)27-25(32)34-14-19-17-10-6-4-8-15(17)16-9-5-7-11-18(16)19/h4-11,19-21H,3,12-14H2,1-2H3,(H,26,29)(H,27,32)(H,30,31)/t20-,21?/m0/s1. The first-order chi connectivity index (χ1) is 16.3. The number of aliphatic carboxylic acids is 1. The number of amides is 2. The zero-order chi connectivity index (χ0) is 24.7. The van der Waals surface area contributed by atoms with E-state index >= 15 is 0 Å². The number of fused-ring (bicyclic) bond motifs is 3. The maximum atomic E-state index is 12.6. The van der Waals surface area contributed by atoms with Gasteiger partial charge in [-0.25, -0.2) is 9.59 Å². The Hall–Kier alpha value is -3.88. The summed E-state index contributed by atoms with van der Waals surface area (Å²) >= 11 is 0. The van der Waals surface area contributed by atoms with Crippen molar-refractivity contribution in [2.45, 2.75) is 44.2 Å². The van der Waals surface area contributed by atoms with E-state index in [2.05, 4.69) is 15.4 Å². The topological polar surface area (TPSA) is 131 Å². The molecule has 2 aromatic carbocycles. The first-order valence-electron chi connectivity index (χ1n) is 11.1. The van der Waals surface area contributed by atoms with E-state index < -0.39 is 36.0 Å². The Morgan fingerprint density at radius 3 is 2.06 bits per heavy atom. The number of benzene rings is 2. The number of ether oxygens (including phenoxy) is 2. The van der Waals surface area contributed by atoms with Crippen molar-refractivity contribution >= 4 is 23.9 Å². The summed E-state index contributed by atoms with van der Waals surface area (Å²) in [6.07, 6.45) is -0.843. The summed E-state index contributed by atoms with van der Waals surface area (Å²) in [7, 11) is 1.20. The highest BCUT2D eigenvalue weighted by molar-refractivity contribution is 5.89. The third-order valence-corrected chi connectivity index (χ3v) is 5.84. The Bertz CT molecular complexity index is 1020. The quantitative estimate of drug-likeness (QED) is 0.457. The van der Waals surface area contributed by atoms with Crippen molar-refractivity contribution in [3.8, 4) is 11.1 Å². The largest absolute Gasteiger partial charge is 0.480 e. The number of hydrogen-bond acceptors (Lipinski definition) is 6. The second kappa shape index (κ2) is 11.3. The third kappa shape index (κ3) is 5.72. The lowest BCUT2D eigenvalue weighted by atomic mass is 9.98. The van der Waals surface area contributed by atoms with E-state index in [1.165, 1.54) is 7.11 Å². The van der Waals surface area contributed by atoms with Crippen LogP contribution in [0.25, 0.3) is 11.1 Å². The number of carboxylic acid groups (broad SMARTS) is 1. The molecule has 0 aromatic heterocycles. The van der Waals surface area contributed by atoms with Crippen LogP contribution in [0, 0.1) is 0 Å². The zero-order valence-corrected chi connectivity index (χ0v) is 19.1. The molecular formula is C25H28N2O7. The van der Waals surface area contributed by atoms with Gasteiger partial charge in [0.1, 0.15) is 18.7 Å². The van der Waals surface area contributed by atoms with E-state index in [0.29, 0.717) is 0 Å². The number of rotatable bonds is 10. The Labute approximate surface area is 197 Å². The van der Waals surface area contributed by atoms with Crippen molar-refractivity contribution in [2.75, 3.05) is 13.7 Å². The van der Waals surface area contributed by atoms with E-state index in [-0.39, 0.29) is 31.8 Å². The average molecular weight is 469 g/mol. The van der Waals surface area contributed by atoms with Crippen LogP contribution >= 0.6 is 0 Å². The molecule has 2 amide bonds. The lowest BCUT2D eigenvalue weighted by Gasteiger charge is -2.21. The molecule has 0 heterocycles. The summed E-state index contributed by atoms with van der Waals surface area (Å²) in [5.41, 5.74) is 4.33. The second-order valence-corrected chi connectivity index (χ2v) is 7.94. The third-order valence-electron chi connectivity index (χ3n) is 5.84. The van der Waals surface area contributed by atoms with Crippen molar-refractivity contribution in [1.29, 1.82) is 0 Å². The van der Waals surface area contributed by atoms with Crippen LogP contribution in [-0.2, 0) is 23.9 Å². The van der Waals surface area contributed by atoms with Crippen molar-refractivity contribution in [2.24, 2.45) is 0 Å². The number of methoxy groups -OCH3 is 1. The van der Waals surface area contributed by atoms with Gasteiger partial charge >= 0.3 is 18.0 Å². The Morgan fingerprint density at radius 2 is 1.53 bits per heavy atom. The monoisotopic (exact) mass is 468 g/mol. The lowest BCUT2D eigenvalue weighted by Crippen LogP contribution is -2.51. The van der Waals surface area contributed by atoms with Crippen LogP contribution in [0.2, 0.25) is 0 Å². The SMILES string of the molecule is CC[C@H](NC(=O)OCC1c2ccccc2-c2ccccc21)C(=O)NC(CCC(=O)OC)C(=O)O. The molecule has 180 valence electrons. The van der Waals surface area contributed by atoms with Gasteiger partial charge in [0.2, 0.25) is 5.91 Å². The summed E-state index contributed by atoms with van der Waals surface area (Å²) in [5, 5.41) is 14.2. The summed E-state index contributed by atoms with van der Waals surface area (Å²) < 4.78 is 9.96. The molecule has 2 atom stereocenters. The molecule has 9 nitrogen and oxygen atoms in total. The van der Waals surface area contributed by atoms with Crippen LogP contribution in [0.15, 0.2) is 48.5 Å². The van der Waals surface area contributed by atoms with Gasteiger partial charge in [-0.15, -0.1) is 0 Å². The molecule has 0 saturated heterocycles. The second-order valence-electron chi connectivity index (χ2n) is 7.94. The maximum Gasteiger partial charge on any atom is 0.407 e. The normalized spacial score (nSPS) is 13.7. The molecule has 34 heavy (non-hydrogen) atoms. The number of carbonyl (C=O) groups excluding carboxylic acids is 3. The van der Waals surface area contributed by atoms with Gasteiger partial charge in [-0.05, 0) is 35.1 Å². The smallest absolute Gasteiger partial charge is 0.407 e. The van der Waals surface area contributed by atoms with E-state index in [9.17, 15) is 24.3 Å². The Morgan fingerprint density at radius 1 is 0.941 bits per heavy atom. The van der Waals surface area contributed by atoms with Crippen molar-refractivity contribution in [3.63, 3.8) is 0 Å². The molecule has 0 saturated carbocycles. The number of alkyl carbamates (subject to hydrolysis) is 1. The zero-order valence-electron chi connectivity index (χ0n) is 19.1. The highest BCUT2D eigenvalue weighted by Crippen LogP contribution is 2.44. The highest BCUT2D eigenvalue weighted by Gasteiger charge is 2.30. The number of hydrogen-bond donors (Lipinski definition) is 3. The minimum atomic E-state index is -1.29. The van der Waals surface area contributed by atoms with Gasteiger partial charge in [0.25, 0.3) is 0 Å². The van der Waals surface area contributed by atoms with Gasteiger partial charge in [0.15, 0.2) is 0 Å². The molecule has 9 heteroatoms. The van der Waals surface area contributed by atoms with Gasteiger partial charge < -0.3 is 25.2 Å². The molecule has 3 rings (SSSR count). The van der Waals surface area contributed by atoms with E-state index in [0.717, 1.165) is 22.3 Å². The van der Waals surface area contributed by atoms with Crippen LogP contribution in [-0.4, -0.2) is 54.8 Å². The molecule has 1 aliphatic rings. The number of nitrogens with one attached hydrogen (secondary N) is 2. The van der Waals surface area contributed by atoms with E-state index in [1.807, 2.05) is 48.5 Å². The van der Waals surface area contributed by atoms with Crippen LogP contribution in [0.4, 0.5) is 4.79 Å². The first kappa shape index (κ1) is 24.8. The minimum absolute atomic E-state index is 0.0921. The Kier molecular flexibility index (Phi) is 8.24. The predicted octanol–water partition coefficient (Wildman–Crippen LogP) is 2.83. The van der Waals surface area contributed by atoms with Crippen LogP contribution < -0.4 is 10.6 Å². The molecule has 0 fully saturated rings. The molecule has 1 unspecified atom stereocenters. The van der Waals surface area contributed by atoms with Gasteiger partial charge in [-0.2, -0.15) is 0 Å². The molecule has 0 bridgehead atoms. The molecule has 0 spiro atoms. The molecule has 3 N–H and O–H groups in total. The van der Waals surface area contributed by atoms with Crippen LogP contribution in [0.3, 0.4) is 0 Å². The average Bonchev–Trinajstić information content (AvgIpc) is 3.16. The molecule has 2 aromatic rings. The molecular weight excluding hydrogens is 440 g/mol. The fourth-order valence-electron chi connectivity index (χ4n) is 4.03. The lowest BCUT2D eigenvalue weighted by molar-refractivity contribution is -0.144. The van der Waals surface area contributed by atoms with Gasteiger partial charge in [-0.1, -0.05) is 55.5 Å². The highest BCUT2D eigenvalue weighted by atomic mass is 16.5. The summed E-state index contributed by atoms with van der Waals surface area (Å²) in [6, 6.07) is 13.6. The van der Waals surface area contributed by atoms with Crippen molar-refractivity contribution < 1.29 is 33.8 Å². The van der Waals surface area contributed by atoms with Gasteiger partial charge in [-0.3, -0.25) is 9.59 Å². The maximum absolute atomic E-state index is 12.6. The summed E-state index contributed by atoms with van der Waals surface area (Å²) in [5.74, 6) is -2.66. The first-order valence-corrected chi connectivity index (χ1v) is 11.1. The van der Waals surface area contributed by atoms with Crippen molar-refractivity contribution in [3.05, 3.63) is 59.7 Å². The molecule has 0 radical (unpaired) electrons. The fraction of sp³-hybridized carbons (Fsp3) is 0.360. The van der Waals surface area contributed by atoms with Crippen LogP contribution in [0.1, 0.15) is 43.2 Å². The van der Waals surface area contributed by atoms with E-state index in [4.69, 9.17) is 4.74 Å². The predicted molar refractivity (Wildman–Crippen MR) is 123 cm³/mol. The van der Waals surface area contributed by atoms with E-state index in [1.54, 1.807) is 6.92 Å². The van der Waals surface area contributed by atoms with Gasteiger partial charge in [0.05, 0.1) is 7.11 Å². The van der Waals surface area contributed by atoms with Gasteiger partial charge in [0, 0.05) is 12.3 Å². The summed E-state index contributed by atoms with van der Waals surface area (Å²) in [4.78, 5) is 47.8. The van der Waals surface area contributed by atoms with Crippen molar-refractivity contribution in [1.82, 2.24) is 10.6 Å². The minimum Gasteiger partial charge on any atom is -0.480 e. The summed E-state index contributed by atoms with van der Waals surface area (Å²) in [6.45, 7) is 1.77. The van der Waals surface area contributed by atoms with Crippen LogP contribution in [0.5, 0.6) is 0 Å². The number of esters is 1. The Balaban J connectivity index is 1.58. The fourth-order valence-corrected chi connectivity index (χ4v) is 4.03. The number of carboxylic acids is 1. The molecule has 0 aliphatic heterocycles. The number of carbonyl (C=O) groups is 4.